The molecule has 0 spiro atoms. The molecule has 0 fully saturated rings. The maximum atomic E-state index is 13.7. The van der Waals surface area contributed by atoms with Crippen molar-refractivity contribution in [3.05, 3.63) is 29.1 Å². The van der Waals surface area contributed by atoms with E-state index >= 15 is 0 Å². The van der Waals surface area contributed by atoms with E-state index in [-0.39, 0.29) is 36.6 Å². The van der Waals surface area contributed by atoms with E-state index in [1.807, 2.05) is 6.92 Å². The van der Waals surface area contributed by atoms with Crippen LogP contribution in [0.3, 0.4) is 0 Å². The third kappa shape index (κ3) is 6.64. The van der Waals surface area contributed by atoms with Gasteiger partial charge in [-0.1, -0.05) is 0 Å². The molecule has 1 aliphatic rings. The quantitative estimate of drug-likeness (QED) is 0.279. The predicted octanol–water partition coefficient (Wildman–Crippen LogP) is 2.77. The predicted molar refractivity (Wildman–Crippen MR) is 108 cm³/mol. The summed E-state index contributed by atoms with van der Waals surface area (Å²) in [7, 11) is 0. The van der Waals surface area contributed by atoms with Crippen molar-refractivity contribution in [2.45, 2.75) is 20.0 Å². The Hall–Kier alpha value is -0.740. The first-order valence-electron chi connectivity index (χ1n) is 7.77. The minimum absolute atomic E-state index is 0. The van der Waals surface area contributed by atoms with Crippen molar-refractivity contribution in [2.75, 3.05) is 38.4 Å². The molecule has 136 valence electrons. The maximum Gasteiger partial charge on any atom is 0.191 e. The third-order valence-electron chi connectivity index (χ3n) is 3.35. The zero-order valence-corrected chi connectivity index (χ0v) is 17.2. The highest BCUT2D eigenvalue weighted by atomic mass is 127. The molecule has 1 heterocycles. The Balaban J connectivity index is 0.00000288. The van der Waals surface area contributed by atoms with Crippen LogP contribution in [0.1, 0.15) is 18.1 Å². The van der Waals surface area contributed by atoms with Gasteiger partial charge in [-0.25, -0.2) is 4.39 Å². The number of rotatable bonds is 7. The Labute approximate surface area is 164 Å². The molecule has 0 bridgehead atoms. The lowest BCUT2D eigenvalue weighted by Gasteiger charge is -2.21. The number of hydrogen-bond acceptors (Lipinski definition) is 4. The SMILES string of the molecule is CCNC(=NCCSC)NCCc1cc(F)cc2c1OCOC2.I. The molecule has 2 rings (SSSR count). The highest BCUT2D eigenvalue weighted by molar-refractivity contribution is 14.0. The van der Waals surface area contributed by atoms with Gasteiger partial charge in [0.2, 0.25) is 0 Å². The van der Waals surface area contributed by atoms with Crippen LogP contribution in [0, 0.1) is 5.82 Å². The van der Waals surface area contributed by atoms with E-state index in [1.54, 1.807) is 11.8 Å². The van der Waals surface area contributed by atoms with Crippen molar-refractivity contribution in [1.29, 1.82) is 0 Å². The molecule has 0 amide bonds. The number of nitrogens with one attached hydrogen (secondary N) is 2. The Morgan fingerprint density at radius 1 is 1.38 bits per heavy atom. The van der Waals surface area contributed by atoms with E-state index in [0.717, 1.165) is 41.7 Å². The minimum atomic E-state index is -0.256. The first kappa shape index (κ1) is 21.3. The van der Waals surface area contributed by atoms with Crippen molar-refractivity contribution in [3.63, 3.8) is 0 Å². The van der Waals surface area contributed by atoms with E-state index in [9.17, 15) is 4.39 Å². The van der Waals surface area contributed by atoms with Gasteiger partial charge in [0.15, 0.2) is 12.8 Å². The van der Waals surface area contributed by atoms with Crippen LogP contribution in [0.4, 0.5) is 4.39 Å². The molecular formula is C16H25FIN3O2S. The summed E-state index contributed by atoms with van der Waals surface area (Å²) in [6, 6.07) is 3.00. The number of fused-ring (bicyclic) bond motifs is 1. The average Bonchev–Trinajstić information content (AvgIpc) is 2.55. The molecular weight excluding hydrogens is 444 g/mol. The van der Waals surface area contributed by atoms with E-state index in [2.05, 4.69) is 21.9 Å². The summed E-state index contributed by atoms with van der Waals surface area (Å²) in [5.74, 6) is 2.27. The second-order valence-electron chi connectivity index (χ2n) is 5.09. The van der Waals surface area contributed by atoms with E-state index < -0.39 is 0 Å². The van der Waals surface area contributed by atoms with Gasteiger partial charge in [0.05, 0.1) is 13.2 Å². The fraction of sp³-hybridized carbons (Fsp3) is 0.562. The molecule has 0 atom stereocenters. The number of guanidine groups is 1. The highest BCUT2D eigenvalue weighted by Crippen LogP contribution is 2.29. The lowest BCUT2D eigenvalue weighted by molar-refractivity contribution is -0.0172. The van der Waals surface area contributed by atoms with Crippen LogP contribution in [0.5, 0.6) is 5.75 Å². The number of benzene rings is 1. The van der Waals surface area contributed by atoms with E-state index in [4.69, 9.17) is 9.47 Å². The first-order valence-corrected chi connectivity index (χ1v) is 9.17. The average molecular weight is 469 g/mol. The fourth-order valence-corrected chi connectivity index (χ4v) is 2.62. The minimum Gasteiger partial charge on any atom is -0.467 e. The van der Waals surface area contributed by atoms with Gasteiger partial charge in [-0.3, -0.25) is 4.99 Å². The van der Waals surface area contributed by atoms with Gasteiger partial charge in [0.25, 0.3) is 0 Å². The normalized spacial score (nSPS) is 13.5. The molecule has 1 aromatic rings. The number of nitrogens with zero attached hydrogens (tertiary/aromatic N) is 1. The van der Waals surface area contributed by atoms with Gasteiger partial charge in [-0.05, 0) is 37.3 Å². The van der Waals surface area contributed by atoms with Crippen molar-refractivity contribution >= 4 is 41.7 Å². The van der Waals surface area contributed by atoms with Gasteiger partial charge >= 0.3 is 0 Å². The van der Waals surface area contributed by atoms with Crippen LogP contribution in [0.25, 0.3) is 0 Å². The largest absolute Gasteiger partial charge is 0.467 e. The number of thioether (sulfide) groups is 1. The van der Waals surface area contributed by atoms with E-state index in [0.29, 0.717) is 19.6 Å². The number of hydrogen-bond donors (Lipinski definition) is 2. The lowest BCUT2D eigenvalue weighted by Crippen LogP contribution is -2.38. The Morgan fingerprint density at radius 2 is 2.21 bits per heavy atom. The van der Waals surface area contributed by atoms with Crippen LogP contribution in [-0.2, 0) is 17.8 Å². The number of halogens is 2. The molecule has 0 saturated carbocycles. The van der Waals surface area contributed by atoms with Gasteiger partial charge in [0, 0.05) is 24.4 Å². The molecule has 0 aliphatic carbocycles. The summed E-state index contributed by atoms with van der Waals surface area (Å²) < 4.78 is 24.4. The second-order valence-corrected chi connectivity index (χ2v) is 6.08. The summed E-state index contributed by atoms with van der Waals surface area (Å²) in [5.41, 5.74) is 1.63. The summed E-state index contributed by atoms with van der Waals surface area (Å²) in [6.07, 6.45) is 2.72. The summed E-state index contributed by atoms with van der Waals surface area (Å²) >= 11 is 1.77. The molecule has 5 nitrogen and oxygen atoms in total. The molecule has 0 saturated heterocycles. The smallest absolute Gasteiger partial charge is 0.191 e. The standard InChI is InChI=1S/C16H24FN3O2S.HI/c1-3-18-16(20-6-7-23-2)19-5-4-12-8-14(17)9-13-10-21-11-22-15(12)13;/h8-9H,3-7,10-11H2,1-2H3,(H2,18,19,20);1H. The zero-order valence-electron chi connectivity index (χ0n) is 14.1. The number of aliphatic imine (C=N–C) groups is 1. The first-order chi connectivity index (χ1) is 11.2. The highest BCUT2D eigenvalue weighted by Gasteiger charge is 2.16. The van der Waals surface area contributed by atoms with Crippen LogP contribution < -0.4 is 15.4 Å². The summed E-state index contributed by atoms with van der Waals surface area (Å²) in [5, 5.41) is 6.48. The Kier molecular flexibility index (Phi) is 10.4. The van der Waals surface area contributed by atoms with Gasteiger partial charge in [-0.2, -0.15) is 11.8 Å². The molecule has 8 heteroatoms. The van der Waals surface area contributed by atoms with Crippen molar-refractivity contribution in [2.24, 2.45) is 4.99 Å². The van der Waals surface area contributed by atoms with Crippen LogP contribution in [0.2, 0.25) is 0 Å². The second kappa shape index (κ2) is 11.8. The number of ether oxygens (including phenoxy) is 2. The summed E-state index contributed by atoms with van der Waals surface area (Å²) in [4.78, 5) is 4.49. The molecule has 0 unspecified atom stereocenters. The molecule has 1 aromatic carbocycles. The molecule has 0 aromatic heterocycles. The Bertz CT molecular complexity index is 546. The third-order valence-corrected chi connectivity index (χ3v) is 3.94. The van der Waals surface area contributed by atoms with Gasteiger partial charge < -0.3 is 20.1 Å². The van der Waals surface area contributed by atoms with Crippen LogP contribution in [0.15, 0.2) is 17.1 Å². The van der Waals surface area contributed by atoms with Crippen molar-refractivity contribution in [1.82, 2.24) is 10.6 Å². The van der Waals surface area contributed by atoms with Crippen molar-refractivity contribution < 1.29 is 13.9 Å². The Morgan fingerprint density at radius 3 is 2.96 bits per heavy atom. The van der Waals surface area contributed by atoms with Gasteiger partial charge in [-0.15, -0.1) is 24.0 Å². The van der Waals surface area contributed by atoms with Crippen LogP contribution in [-0.4, -0.2) is 44.4 Å². The molecule has 2 N–H and O–H groups in total. The molecule has 0 radical (unpaired) electrons. The monoisotopic (exact) mass is 469 g/mol. The zero-order chi connectivity index (χ0) is 16.5. The lowest BCUT2D eigenvalue weighted by atomic mass is 10.1. The van der Waals surface area contributed by atoms with E-state index in [1.165, 1.54) is 12.1 Å². The molecule has 24 heavy (non-hydrogen) atoms. The molecule has 1 aliphatic heterocycles. The maximum absolute atomic E-state index is 13.7. The van der Waals surface area contributed by atoms with Crippen LogP contribution >= 0.6 is 35.7 Å². The summed E-state index contributed by atoms with van der Waals surface area (Å²) in [6.45, 7) is 4.88. The fourth-order valence-electron chi connectivity index (χ4n) is 2.35. The van der Waals surface area contributed by atoms with Crippen molar-refractivity contribution in [3.8, 4) is 5.75 Å². The topological polar surface area (TPSA) is 54.9 Å². The van der Waals surface area contributed by atoms with Gasteiger partial charge in [0.1, 0.15) is 11.6 Å².